The lowest BCUT2D eigenvalue weighted by atomic mass is 9.95. The molecule has 0 aliphatic carbocycles. The van der Waals surface area contributed by atoms with Crippen molar-refractivity contribution >= 4 is 11.7 Å². The highest BCUT2D eigenvalue weighted by Crippen LogP contribution is 2.18. The lowest BCUT2D eigenvalue weighted by molar-refractivity contribution is 0.251. The number of amides is 2. The zero-order chi connectivity index (χ0) is 16.8. The topological polar surface area (TPSA) is 77.0 Å². The molecule has 24 heavy (non-hydrogen) atoms. The van der Waals surface area contributed by atoms with Gasteiger partial charge in [0, 0.05) is 18.8 Å². The monoisotopic (exact) mass is 320 g/mol. The Morgan fingerprint density at radius 1 is 1.25 bits per heavy atom. The predicted molar refractivity (Wildman–Crippen MR) is 93.5 cm³/mol. The van der Waals surface area contributed by atoms with Gasteiger partial charge in [-0.15, -0.1) is 0 Å². The summed E-state index contributed by atoms with van der Waals surface area (Å²) in [5.41, 5.74) is 5.40. The summed E-state index contributed by atoms with van der Waals surface area (Å²) in [7, 11) is 0. The number of anilines is 1. The second-order valence-electron chi connectivity index (χ2n) is 5.82. The van der Waals surface area contributed by atoms with E-state index in [0.29, 0.717) is 18.7 Å². The Labute approximate surface area is 141 Å². The predicted octanol–water partition coefficient (Wildman–Crippen LogP) is 2.72. The zero-order valence-corrected chi connectivity index (χ0v) is 13.4. The van der Waals surface area contributed by atoms with Crippen LogP contribution in [0.4, 0.5) is 10.5 Å². The van der Waals surface area contributed by atoms with E-state index in [-0.39, 0.29) is 6.03 Å². The number of carbonyl (C=O) groups is 1. The molecule has 2 aromatic rings. The summed E-state index contributed by atoms with van der Waals surface area (Å²) < 4.78 is 0. The fraction of sp³-hybridized carbons (Fsp3) is 0.263. The fourth-order valence-electron chi connectivity index (χ4n) is 2.98. The van der Waals surface area contributed by atoms with Crippen molar-refractivity contribution in [2.24, 2.45) is 0 Å². The summed E-state index contributed by atoms with van der Waals surface area (Å²) in [6.07, 6.45) is 1.33. The molecule has 122 valence electrons. The van der Waals surface area contributed by atoms with E-state index in [0.717, 1.165) is 25.1 Å². The van der Waals surface area contributed by atoms with E-state index in [1.807, 2.05) is 30.3 Å². The van der Waals surface area contributed by atoms with Crippen LogP contribution >= 0.6 is 0 Å². The minimum absolute atomic E-state index is 0.240. The highest BCUT2D eigenvalue weighted by Gasteiger charge is 2.12. The van der Waals surface area contributed by atoms with Gasteiger partial charge in [-0.2, -0.15) is 5.26 Å². The van der Waals surface area contributed by atoms with Crippen LogP contribution in [0, 0.1) is 11.3 Å². The van der Waals surface area contributed by atoms with Gasteiger partial charge in [-0.1, -0.05) is 30.3 Å². The van der Waals surface area contributed by atoms with Crippen LogP contribution in [-0.4, -0.2) is 12.6 Å². The van der Waals surface area contributed by atoms with Gasteiger partial charge in [0.25, 0.3) is 0 Å². The first-order valence-electron chi connectivity index (χ1n) is 8.07. The number of urea groups is 1. The largest absolute Gasteiger partial charge is 0.334 e. The van der Waals surface area contributed by atoms with Crippen molar-refractivity contribution in [3.63, 3.8) is 0 Å². The van der Waals surface area contributed by atoms with Crippen LogP contribution in [-0.2, 0) is 25.9 Å². The SMILES string of the molecule is N#CCc1cccc(NC(=O)NCc2cccc3c2CCNC3)c1. The lowest BCUT2D eigenvalue weighted by Crippen LogP contribution is -2.30. The first-order valence-corrected chi connectivity index (χ1v) is 8.07. The van der Waals surface area contributed by atoms with E-state index >= 15 is 0 Å². The minimum Gasteiger partial charge on any atom is -0.334 e. The maximum Gasteiger partial charge on any atom is 0.319 e. The molecule has 0 fully saturated rings. The molecule has 0 saturated carbocycles. The molecule has 0 atom stereocenters. The van der Waals surface area contributed by atoms with Crippen LogP contribution in [0.2, 0.25) is 0 Å². The number of nitriles is 1. The number of hydrogen-bond donors (Lipinski definition) is 3. The van der Waals surface area contributed by atoms with Gasteiger partial charge < -0.3 is 16.0 Å². The molecule has 0 saturated heterocycles. The normalized spacial score (nSPS) is 12.8. The van der Waals surface area contributed by atoms with Gasteiger partial charge in [0.15, 0.2) is 0 Å². The van der Waals surface area contributed by atoms with Crippen molar-refractivity contribution in [1.29, 1.82) is 5.26 Å². The highest BCUT2D eigenvalue weighted by atomic mass is 16.2. The Morgan fingerprint density at radius 2 is 2.12 bits per heavy atom. The molecule has 0 spiro atoms. The van der Waals surface area contributed by atoms with Gasteiger partial charge in [0.1, 0.15) is 0 Å². The average Bonchev–Trinajstić information content (AvgIpc) is 2.60. The standard InChI is InChI=1S/C19H20N4O/c20-9-7-14-3-1-6-17(11-14)23-19(24)22-13-16-5-2-4-15-12-21-10-8-18(15)16/h1-6,11,21H,7-8,10,12-13H2,(H2,22,23,24). The average molecular weight is 320 g/mol. The number of nitrogens with zero attached hydrogens (tertiary/aromatic N) is 1. The molecule has 1 heterocycles. The molecule has 1 aliphatic rings. The van der Waals surface area contributed by atoms with Gasteiger partial charge in [0.2, 0.25) is 0 Å². The second-order valence-corrected chi connectivity index (χ2v) is 5.82. The van der Waals surface area contributed by atoms with Crippen molar-refractivity contribution < 1.29 is 4.79 Å². The molecule has 0 aromatic heterocycles. The van der Waals surface area contributed by atoms with E-state index in [9.17, 15) is 4.79 Å². The Hall–Kier alpha value is -2.84. The van der Waals surface area contributed by atoms with E-state index in [1.165, 1.54) is 16.7 Å². The quantitative estimate of drug-likeness (QED) is 0.810. The smallest absolute Gasteiger partial charge is 0.319 e. The molecular weight excluding hydrogens is 300 g/mol. The third-order valence-corrected chi connectivity index (χ3v) is 4.14. The third-order valence-electron chi connectivity index (χ3n) is 4.14. The fourth-order valence-corrected chi connectivity index (χ4v) is 2.98. The Kier molecular flexibility index (Phi) is 5.09. The van der Waals surface area contributed by atoms with Crippen molar-refractivity contribution in [3.05, 3.63) is 64.7 Å². The number of benzene rings is 2. The molecule has 2 aromatic carbocycles. The zero-order valence-electron chi connectivity index (χ0n) is 13.4. The first-order chi connectivity index (χ1) is 11.8. The Bertz CT molecular complexity index is 779. The summed E-state index contributed by atoms with van der Waals surface area (Å²) in [5.74, 6) is 0. The van der Waals surface area contributed by atoms with E-state index in [1.54, 1.807) is 0 Å². The van der Waals surface area contributed by atoms with Crippen LogP contribution in [0.5, 0.6) is 0 Å². The van der Waals surface area contributed by atoms with Crippen LogP contribution < -0.4 is 16.0 Å². The van der Waals surface area contributed by atoms with Gasteiger partial charge in [-0.25, -0.2) is 4.79 Å². The first kappa shape index (κ1) is 16.0. The van der Waals surface area contributed by atoms with Crippen molar-refractivity contribution in [2.45, 2.75) is 25.9 Å². The third kappa shape index (κ3) is 3.92. The molecule has 3 rings (SSSR count). The summed E-state index contributed by atoms with van der Waals surface area (Å²) in [6.45, 7) is 2.37. The number of carbonyl (C=O) groups excluding carboxylic acids is 1. The van der Waals surface area contributed by atoms with Crippen LogP contribution in [0.3, 0.4) is 0 Å². The Morgan fingerprint density at radius 3 is 3.00 bits per heavy atom. The molecule has 5 nitrogen and oxygen atoms in total. The summed E-state index contributed by atoms with van der Waals surface area (Å²) >= 11 is 0. The Balaban J connectivity index is 1.60. The van der Waals surface area contributed by atoms with Crippen molar-refractivity contribution in [3.8, 4) is 6.07 Å². The number of rotatable bonds is 4. The molecule has 0 unspecified atom stereocenters. The molecular formula is C19H20N4O. The van der Waals surface area contributed by atoms with Crippen LogP contribution in [0.25, 0.3) is 0 Å². The lowest BCUT2D eigenvalue weighted by Gasteiger charge is -2.20. The number of nitrogens with one attached hydrogen (secondary N) is 3. The van der Waals surface area contributed by atoms with E-state index in [4.69, 9.17) is 5.26 Å². The van der Waals surface area contributed by atoms with Crippen molar-refractivity contribution in [1.82, 2.24) is 10.6 Å². The molecule has 0 radical (unpaired) electrons. The molecule has 2 amide bonds. The summed E-state index contributed by atoms with van der Waals surface area (Å²) in [5, 5.41) is 17.8. The highest BCUT2D eigenvalue weighted by molar-refractivity contribution is 5.89. The van der Waals surface area contributed by atoms with Crippen LogP contribution in [0.1, 0.15) is 22.3 Å². The summed E-state index contributed by atoms with van der Waals surface area (Å²) in [6, 6.07) is 15.4. The minimum atomic E-state index is -0.240. The van der Waals surface area contributed by atoms with Gasteiger partial charge >= 0.3 is 6.03 Å². The van der Waals surface area contributed by atoms with Crippen LogP contribution in [0.15, 0.2) is 42.5 Å². The second kappa shape index (κ2) is 7.62. The summed E-state index contributed by atoms with van der Waals surface area (Å²) in [4.78, 5) is 12.1. The number of hydrogen-bond acceptors (Lipinski definition) is 3. The van der Waals surface area contributed by atoms with E-state index in [2.05, 4.69) is 34.2 Å². The molecule has 5 heteroatoms. The van der Waals surface area contributed by atoms with Crippen molar-refractivity contribution in [2.75, 3.05) is 11.9 Å². The molecule has 1 aliphatic heterocycles. The van der Waals surface area contributed by atoms with Gasteiger partial charge in [-0.05, 0) is 47.4 Å². The maximum absolute atomic E-state index is 12.1. The molecule has 0 bridgehead atoms. The number of fused-ring (bicyclic) bond motifs is 1. The van der Waals surface area contributed by atoms with Gasteiger partial charge in [-0.3, -0.25) is 0 Å². The van der Waals surface area contributed by atoms with Gasteiger partial charge in [0.05, 0.1) is 12.5 Å². The maximum atomic E-state index is 12.1. The molecule has 3 N–H and O–H groups in total. The van der Waals surface area contributed by atoms with E-state index < -0.39 is 0 Å².